The highest BCUT2D eigenvalue weighted by atomic mass is 16.4. The summed E-state index contributed by atoms with van der Waals surface area (Å²) in [5.74, 6) is 0.570. The molecule has 1 unspecified atom stereocenters. The second kappa shape index (κ2) is 6.51. The van der Waals surface area contributed by atoms with Gasteiger partial charge in [0.15, 0.2) is 0 Å². The fourth-order valence-electron chi connectivity index (χ4n) is 2.17. The standard InChI is InChI=1S/C12H21N5O2/c1-9(11(18)17-7-3-2-4-8-17)14-12-16-15-10(19-12)5-6-13/h9H,2-8,13H2,1H3,(H,14,16). The SMILES string of the molecule is CC(Nc1nnc(CCN)o1)C(=O)N1CCCCC1. The second-order valence-electron chi connectivity index (χ2n) is 4.79. The van der Waals surface area contributed by atoms with Crippen molar-refractivity contribution in [3.8, 4) is 0 Å². The number of likely N-dealkylation sites (tertiary alicyclic amines) is 1. The Balaban J connectivity index is 1.88. The molecule has 106 valence electrons. The molecule has 0 spiro atoms. The van der Waals surface area contributed by atoms with E-state index >= 15 is 0 Å². The number of hydrogen-bond donors (Lipinski definition) is 2. The van der Waals surface area contributed by atoms with Crippen LogP contribution in [0.3, 0.4) is 0 Å². The normalized spacial score (nSPS) is 17.3. The molecule has 3 N–H and O–H groups in total. The first kappa shape index (κ1) is 13.8. The zero-order valence-corrected chi connectivity index (χ0v) is 11.3. The number of nitrogens with one attached hydrogen (secondary N) is 1. The van der Waals surface area contributed by atoms with Gasteiger partial charge in [-0.2, -0.15) is 0 Å². The number of rotatable bonds is 5. The molecule has 1 aliphatic rings. The highest BCUT2D eigenvalue weighted by molar-refractivity contribution is 5.83. The van der Waals surface area contributed by atoms with Crippen LogP contribution in [-0.4, -0.2) is 46.7 Å². The number of nitrogens with zero attached hydrogens (tertiary/aromatic N) is 3. The van der Waals surface area contributed by atoms with Crippen LogP contribution in [0.15, 0.2) is 4.42 Å². The van der Waals surface area contributed by atoms with Crippen molar-refractivity contribution in [2.24, 2.45) is 5.73 Å². The smallest absolute Gasteiger partial charge is 0.316 e. The molecule has 1 aromatic heterocycles. The quantitative estimate of drug-likeness (QED) is 0.800. The van der Waals surface area contributed by atoms with Gasteiger partial charge in [-0.3, -0.25) is 4.79 Å². The minimum absolute atomic E-state index is 0.0817. The van der Waals surface area contributed by atoms with E-state index in [9.17, 15) is 4.79 Å². The van der Waals surface area contributed by atoms with Gasteiger partial charge in [0.25, 0.3) is 0 Å². The van der Waals surface area contributed by atoms with Crippen LogP contribution in [-0.2, 0) is 11.2 Å². The Bertz CT molecular complexity index is 414. The van der Waals surface area contributed by atoms with Crippen LogP contribution in [0.1, 0.15) is 32.1 Å². The summed E-state index contributed by atoms with van der Waals surface area (Å²) in [6.07, 6.45) is 3.92. The van der Waals surface area contributed by atoms with Crippen molar-refractivity contribution in [1.29, 1.82) is 0 Å². The van der Waals surface area contributed by atoms with Gasteiger partial charge in [-0.15, -0.1) is 5.10 Å². The molecule has 1 aromatic rings. The van der Waals surface area contributed by atoms with Gasteiger partial charge in [-0.05, 0) is 26.2 Å². The van der Waals surface area contributed by atoms with Gasteiger partial charge in [0.05, 0.1) is 0 Å². The van der Waals surface area contributed by atoms with Crippen molar-refractivity contribution in [2.45, 2.75) is 38.6 Å². The molecule has 19 heavy (non-hydrogen) atoms. The number of hydrogen-bond acceptors (Lipinski definition) is 6. The van der Waals surface area contributed by atoms with E-state index in [0.29, 0.717) is 18.9 Å². The zero-order valence-electron chi connectivity index (χ0n) is 11.3. The largest absolute Gasteiger partial charge is 0.408 e. The third-order valence-corrected chi connectivity index (χ3v) is 3.20. The summed E-state index contributed by atoms with van der Waals surface area (Å²) >= 11 is 0. The fraction of sp³-hybridized carbons (Fsp3) is 0.750. The highest BCUT2D eigenvalue weighted by Crippen LogP contribution is 2.12. The number of amides is 1. The van der Waals surface area contributed by atoms with Gasteiger partial charge in [0, 0.05) is 26.1 Å². The van der Waals surface area contributed by atoms with Crippen molar-refractivity contribution >= 4 is 11.9 Å². The Morgan fingerprint density at radius 3 is 2.84 bits per heavy atom. The summed E-state index contributed by atoms with van der Waals surface area (Å²) in [6, 6.07) is -0.0782. The molecule has 7 nitrogen and oxygen atoms in total. The van der Waals surface area contributed by atoms with Crippen LogP contribution in [0.4, 0.5) is 6.01 Å². The van der Waals surface area contributed by atoms with Crippen LogP contribution in [0.5, 0.6) is 0 Å². The van der Waals surface area contributed by atoms with Crippen molar-refractivity contribution < 1.29 is 9.21 Å². The molecule has 0 aromatic carbocycles. The Kier molecular flexibility index (Phi) is 4.73. The molecule has 1 fully saturated rings. The molecule has 0 aliphatic carbocycles. The predicted molar refractivity (Wildman–Crippen MR) is 70.6 cm³/mol. The predicted octanol–water partition coefficient (Wildman–Crippen LogP) is 0.384. The van der Waals surface area contributed by atoms with E-state index in [-0.39, 0.29) is 18.0 Å². The highest BCUT2D eigenvalue weighted by Gasteiger charge is 2.23. The molecule has 1 saturated heterocycles. The number of aromatic nitrogens is 2. The van der Waals surface area contributed by atoms with Crippen molar-refractivity contribution in [3.63, 3.8) is 0 Å². The lowest BCUT2D eigenvalue weighted by Crippen LogP contribution is -2.43. The first-order valence-corrected chi connectivity index (χ1v) is 6.78. The Morgan fingerprint density at radius 2 is 2.16 bits per heavy atom. The van der Waals surface area contributed by atoms with Crippen LogP contribution >= 0.6 is 0 Å². The first-order valence-electron chi connectivity index (χ1n) is 6.78. The van der Waals surface area contributed by atoms with E-state index < -0.39 is 0 Å². The summed E-state index contributed by atoms with van der Waals surface area (Å²) in [5.41, 5.74) is 5.41. The van der Waals surface area contributed by atoms with Crippen molar-refractivity contribution in [3.05, 3.63) is 5.89 Å². The number of piperidine rings is 1. The molecular formula is C12H21N5O2. The third-order valence-electron chi connectivity index (χ3n) is 3.20. The van der Waals surface area contributed by atoms with Crippen molar-refractivity contribution in [1.82, 2.24) is 15.1 Å². The minimum atomic E-state index is -0.357. The monoisotopic (exact) mass is 267 g/mol. The van der Waals surface area contributed by atoms with E-state index in [1.54, 1.807) is 0 Å². The van der Waals surface area contributed by atoms with Crippen LogP contribution in [0, 0.1) is 0 Å². The molecule has 1 aliphatic heterocycles. The van der Waals surface area contributed by atoms with Gasteiger partial charge >= 0.3 is 6.01 Å². The molecular weight excluding hydrogens is 246 g/mol. The Labute approximate surface area is 112 Å². The summed E-state index contributed by atoms with van der Waals surface area (Å²) in [4.78, 5) is 14.1. The van der Waals surface area contributed by atoms with E-state index in [4.69, 9.17) is 10.2 Å². The van der Waals surface area contributed by atoms with Crippen LogP contribution < -0.4 is 11.1 Å². The topological polar surface area (TPSA) is 97.3 Å². The maximum Gasteiger partial charge on any atom is 0.316 e. The summed E-state index contributed by atoms with van der Waals surface area (Å²) in [7, 11) is 0. The van der Waals surface area contributed by atoms with Gasteiger partial charge < -0.3 is 20.4 Å². The van der Waals surface area contributed by atoms with Gasteiger partial charge in [-0.25, -0.2) is 0 Å². The first-order chi connectivity index (χ1) is 9.20. The molecule has 0 radical (unpaired) electrons. The van der Waals surface area contributed by atoms with Gasteiger partial charge in [0.1, 0.15) is 6.04 Å². The van der Waals surface area contributed by atoms with Crippen molar-refractivity contribution in [2.75, 3.05) is 25.0 Å². The summed E-state index contributed by atoms with van der Waals surface area (Å²) < 4.78 is 5.35. The Hall–Kier alpha value is -1.63. The number of carbonyl (C=O) groups is 1. The average Bonchev–Trinajstić information content (AvgIpc) is 2.86. The fourth-order valence-corrected chi connectivity index (χ4v) is 2.17. The molecule has 1 atom stereocenters. The molecule has 2 rings (SSSR count). The lowest BCUT2D eigenvalue weighted by molar-refractivity contribution is -0.132. The maximum absolute atomic E-state index is 12.2. The molecule has 2 heterocycles. The minimum Gasteiger partial charge on any atom is -0.408 e. The van der Waals surface area contributed by atoms with Crippen LogP contribution in [0.25, 0.3) is 0 Å². The Morgan fingerprint density at radius 1 is 1.42 bits per heavy atom. The number of nitrogens with two attached hydrogens (primary N) is 1. The summed E-state index contributed by atoms with van der Waals surface area (Å²) in [5, 5.41) is 10.6. The number of anilines is 1. The maximum atomic E-state index is 12.2. The van der Waals surface area contributed by atoms with Gasteiger partial charge in [-0.1, -0.05) is 5.10 Å². The van der Waals surface area contributed by atoms with Gasteiger partial charge in [0.2, 0.25) is 11.8 Å². The summed E-state index contributed by atoms with van der Waals surface area (Å²) in [6.45, 7) is 3.95. The molecule has 0 bridgehead atoms. The molecule has 1 amide bonds. The van der Waals surface area contributed by atoms with E-state index in [0.717, 1.165) is 25.9 Å². The average molecular weight is 267 g/mol. The van der Waals surface area contributed by atoms with E-state index in [2.05, 4.69) is 15.5 Å². The third kappa shape index (κ3) is 3.66. The van der Waals surface area contributed by atoms with E-state index in [1.165, 1.54) is 6.42 Å². The lowest BCUT2D eigenvalue weighted by Gasteiger charge is -2.29. The number of carbonyl (C=O) groups excluding carboxylic acids is 1. The van der Waals surface area contributed by atoms with Crippen LogP contribution in [0.2, 0.25) is 0 Å². The van der Waals surface area contributed by atoms with E-state index in [1.807, 2.05) is 11.8 Å². The lowest BCUT2D eigenvalue weighted by atomic mass is 10.1. The molecule has 0 saturated carbocycles. The zero-order chi connectivity index (χ0) is 13.7. The second-order valence-corrected chi connectivity index (χ2v) is 4.79. The molecule has 7 heteroatoms.